The van der Waals surface area contributed by atoms with Crippen LogP contribution in [0.4, 0.5) is 14.9 Å². The first kappa shape index (κ1) is 28.7. The average molecular weight is 572 g/mol. The molecule has 3 N–H and O–H groups in total. The molecule has 0 bridgehead atoms. The molecule has 1 aromatic heterocycles. The van der Waals surface area contributed by atoms with Crippen LogP contribution in [0.1, 0.15) is 34.6 Å². The van der Waals surface area contributed by atoms with E-state index < -0.39 is 0 Å². The topological polar surface area (TPSA) is 107 Å². The molecule has 1 aliphatic heterocycles. The lowest BCUT2D eigenvalue weighted by Gasteiger charge is -2.24. The summed E-state index contributed by atoms with van der Waals surface area (Å²) < 4.78 is 19.9. The van der Waals surface area contributed by atoms with Crippen molar-refractivity contribution < 1.29 is 23.2 Å². The van der Waals surface area contributed by atoms with Crippen molar-refractivity contribution in [3.63, 3.8) is 0 Å². The van der Waals surface area contributed by atoms with Crippen molar-refractivity contribution in [2.75, 3.05) is 51.2 Å². The van der Waals surface area contributed by atoms with Crippen LogP contribution in [0, 0.1) is 5.82 Å². The van der Waals surface area contributed by atoms with Gasteiger partial charge >= 0.3 is 6.03 Å². The number of furan rings is 1. The number of halogens is 1. The molecule has 42 heavy (non-hydrogen) atoms. The number of carbonyl (C=O) groups excluding carboxylic acids is 3. The number of rotatable bonds is 10. The number of carbonyl (C=O) groups is 3. The van der Waals surface area contributed by atoms with Crippen LogP contribution < -0.4 is 20.9 Å². The van der Waals surface area contributed by atoms with Crippen LogP contribution in [-0.2, 0) is 0 Å². The van der Waals surface area contributed by atoms with Crippen molar-refractivity contribution in [1.82, 2.24) is 20.9 Å². The molecule has 1 saturated heterocycles. The minimum Gasteiger partial charge on any atom is -0.455 e. The number of hydrogen-bond acceptors (Lipinski definition) is 5. The third-order valence-electron chi connectivity index (χ3n) is 7.52. The Morgan fingerprint density at radius 3 is 2.45 bits per heavy atom. The Hall–Kier alpha value is -4.86. The fraction of sp³-hybridized carbons (Fsp3) is 0.281. The zero-order valence-electron chi connectivity index (χ0n) is 23.9. The molecule has 1 aliphatic rings. The lowest BCUT2D eigenvalue weighted by molar-refractivity contribution is 0.0947. The van der Waals surface area contributed by atoms with Gasteiger partial charge in [-0.05, 0) is 61.9 Å². The zero-order chi connectivity index (χ0) is 29.8. The normalized spacial score (nSPS) is 12.9. The standard InChI is InChI=1S/C32H34FN5O4/c1-4-37(5-2)26-19-27-25(28(31(40)34-3)29(42-27)20-9-11-23(33)12-10-20)18-24(26)21-7-6-8-22(17-21)30(39)35-13-15-38-16-14-36-32(38)41/h6-12,17-19H,4-5,13-16H2,1-3H3,(H,34,40)(H,35,39)(H,36,41). The molecular formula is C32H34FN5O4. The van der Waals surface area contributed by atoms with E-state index in [9.17, 15) is 18.8 Å². The van der Waals surface area contributed by atoms with E-state index in [-0.39, 0.29) is 23.7 Å². The highest BCUT2D eigenvalue weighted by Gasteiger charge is 2.25. The summed E-state index contributed by atoms with van der Waals surface area (Å²) in [5.41, 5.74) is 4.48. The summed E-state index contributed by atoms with van der Waals surface area (Å²) >= 11 is 0. The van der Waals surface area contributed by atoms with Crippen molar-refractivity contribution in [3.8, 4) is 22.5 Å². The van der Waals surface area contributed by atoms with Gasteiger partial charge in [0.25, 0.3) is 11.8 Å². The first-order chi connectivity index (χ1) is 20.3. The number of anilines is 1. The lowest BCUT2D eigenvalue weighted by Crippen LogP contribution is -2.36. The smallest absolute Gasteiger partial charge is 0.317 e. The number of benzene rings is 3. The highest BCUT2D eigenvalue weighted by molar-refractivity contribution is 6.13. The molecule has 3 aromatic carbocycles. The van der Waals surface area contributed by atoms with Gasteiger partial charge in [0.15, 0.2) is 0 Å². The lowest BCUT2D eigenvalue weighted by atomic mass is 9.96. The summed E-state index contributed by atoms with van der Waals surface area (Å²) in [5, 5.41) is 8.97. The molecule has 2 heterocycles. The van der Waals surface area contributed by atoms with Gasteiger partial charge in [0.05, 0.1) is 5.56 Å². The molecule has 10 heteroatoms. The van der Waals surface area contributed by atoms with Crippen LogP contribution in [0.2, 0.25) is 0 Å². The van der Waals surface area contributed by atoms with Gasteiger partial charge in [0.2, 0.25) is 0 Å². The molecule has 0 spiro atoms. The maximum Gasteiger partial charge on any atom is 0.317 e. The van der Waals surface area contributed by atoms with E-state index in [2.05, 4.69) is 34.7 Å². The number of amides is 4. The largest absolute Gasteiger partial charge is 0.455 e. The summed E-state index contributed by atoms with van der Waals surface area (Å²) in [4.78, 5) is 41.8. The van der Waals surface area contributed by atoms with Gasteiger partial charge in [-0.2, -0.15) is 0 Å². The Kier molecular flexibility index (Phi) is 8.42. The second-order valence-electron chi connectivity index (χ2n) is 9.99. The first-order valence-electron chi connectivity index (χ1n) is 14.1. The Balaban J connectivity index is 1.57. The predicted octanol–water partition coefficient (Wildman–Crippen LogP) is 4.87. The van der Waals surface area contributed by atoms with E-state index in [0.717, 1.165) is 29.9 Å². The SMILES string of the molecule is CCN(CC)c1cc2oc(-c3ccc(F)cc3)c(C(=O)NC)c2cc1-c1cccc(C(=O)NCCN2CCNC2=O)c1. The molecule has 0 saturated carbocycles. The fourth-order valence-electron chi connectivity index (χ4n) is 5.30. The zero-order valence-corrected chi connectivity index (χ0v) is 23.9. The molecule has 1 fully saturated rings. The second kappa shape index (κ2) is 12.3. The van der Waals surface area contributed by atoms with E-state index in [1.807, 2.05) is 30.3 Å². The minimum atomic E-state index is -0.382. The Bertz CT molecular complexity index is 1630. The third-order valence-corrected chi connectivity index (χ3v) is 7.52. The van der Waals surface area contributed by atoms with Crippen LogP contribution in [-0.4, -0.2) is 69.1 Å². The minimum absolute atomic E-state index is 0.122. The van der Waals surface area contributed by atoms with Crippen LogP contribution in [0.25, 0.3) is 33.4 Å². The van der Waals surface area contributed by atoms with Gasteiger partial charge in [-0.3, -0.25) is 9.59 Å². The average Bonchev–Trinajstić information content (AvgIpc) is 3.60. The summed E-state index contributed by atoms with van der Waals surface area (Å²) in [6.45, 7) is 7.57. The molecular weight excluding hydrogens is 537 g/mol. The molecule has 9 nitrogen and oxygen atoms in total. The molecule has 4 aromatic rings. The van der Waals surface area contributed by atoms with E-state index in [4.69, 9.17) is 4.42 Å². The van der Waals surface area contributed by atoms with Gasteiger partial charge in [-0.25, -0.2) is 9.18 Å². The number of urea groups is 1. The van der Waals surface area contributed by atoms with Crippen molar-refractivity contribution in [3.05, 3.63) is 77.6 Å². The number of fused-ring (bicyclic) bond motifs is 1. The van der Waals surface area contributed by atoms with Crippen LogP contribution >= 0.6 is 0 Å². The summed E-state index contributed by atoms with van der Waals surface area (Å²) in [6.07, 6.45) is 0. The summed E-state index contributed by atoms with van der Waals surface area (Å²) in [7, 11) is 1.55. The molecule has 5 rings (SSSR count). The van der Waals surface area contributed by atoms with Crippen molar-refractivity contribution in [2.45, 2.75) is 13.8 Å². The molecule has 218 valence electrons. The van der Waals surface area contributed by atoms with Crippen molar-refractivity contribution in [2.24, 2.45) is 0 Å². The van der Waals surface area contributed by atoms with Crippen LogP contribution in [0.5, 0.6) is 0 Å². The van der Waals surface area contributed by atoms with Crippen LogP contribution in [0.3, 0.4) is 0 Å². The fourth-order valence-corrected chi connectivity index (χ4v) is 5.30. The Morgan fingerprint density at radius 2 is 1.79 bits per heavy atom. The van der Waals surface area contributed by atoms with Crippen LogP contribution in [0.15, 0.2) is 65.1 Å². The molecule has 0 atom stereocenters. The third kappa shape index (κ3) is 5.65. The highest BCUT2D eigenvalue weighted by atomic mass is 19.1. The number of hydrogen-bond donors (Lipinski definition) is 3. The van der Waals surface area contributed by atoms with E-state index in [1.54, 1.807) is 30.1 Å². The molecule has 0 aliphatic carbocycles. The molecule has 0 unspecified atom stereocenters. The predicted molar refractivity (Wildman–Crippen MR) is 161 cm³/mol. The van der Waals surface area contributed by atoms with Crippen molar-refractivity contribution >= 4 is 34.5 Å². The second-order valence-corrected chi connectivity index (χ2v) is 9.99. The van der Waals surface area contributed by atoms with Gasteiger partial charge < -0.3 is 30.2 Å². The number of nitrogens with zero attached hydrogens (tertiary/aromatic N) is 2. The summed E-state index contributed by atoms with van der Waals surface area (Å²) in [6, 6.07) is 16.9. The maximum absolute atomic E-state index is 13.7. The van der Waals surface area contributed by atoms with Gasteiger partial charge in [-0.1, -0.05) is 12.1 Å². The number of nitrogens with one attached hydrogen (secondary N) is 3. The molecule has 0 radical (unpaired) electrons. The monoisotopic (exact) mass is 571 g/mol. The van der Waals surface area contributed by atoms with Gasteiger partial charge in [-0.15, -0.1) is 0 Å². The Labute approximate surface area is 243 Å². The van der Waals surface area contributed by atoms with E-state index in [1.165, 1.54) is 12.1 Å². The van der Waals surface area contributed by atoms with Crippen molar-refractivity contribution in [1.29, 1.82) is 0 Å². The van der Waals surface area contributed by atoms with E-state index in [0.29, 0.717) is 59.6 Å². The summed E-state index contributed by atoms with van der Waals surface area (Å²) in [5.74, 6) is -0.593. The molecule has 4 amide bonds. The first-order valence-corrected chi connectivity index (χ1v) is 14.1. The quantitative estimate of drug-likeness (QED) is 0.252. The maximum atomic E-state index is 13.7. The highest BCUT2D eigenvalue weighted by Crippen LogP contribution is 2.41. The van der Waals surface area contributed by atoms with E-state index >= 15 is 0 Å². The Morgan fingerprint density at radius 1 is 1.02 bits per heavy atom. The van der Waals surface area contributed by atoms with Gasteiger partial charge in [0.1, 0.15) is 17.2 Å². The van der Waals surface area contributed by atoms with Gasteiger partial charge in [0, 0.05) is 80.1 Å².